The Morgan fingerprint density at radius 3 is 0.774 bits per heavy atom. The van der Waals surface area contributed by atoms with E-state index < -0.39 is 5.97 Å². The monoisotopic (exact) mass is 759 g/mol. The zero-order chi connectivity index (χ0) is 38.3. The fourth-order valence-corrected chi connectivity index (χ4v) is 7.13. The molecule has 53 heavy (non-hydrogen) atoms. The number of carbonyl (C=O) groups is 2. The number of carbonyl (C=O) groups excluding carboxylic acids is 2. The van der Waals surface area contributed by atoms with E-state index in [1.807, 2.05) is 0 Å². The van der Waals surface area contributed by atoms with Gasteiger partial charge in [0.2, 0.25) is 0 Å². The van der Waals surface area contributed by atoms with Gasteiger partial charge in [0.25, 0.3) is 0 Å². The minimum Gasteiger partial charge on any atom is -0.550 e. The SMILES string of the molecule is CCCCCCCCCCCCCCCC(=O)[O-].CCCCCCCCCCCCCCCCOC(=O)CCCCCCCCCCCCCCC.[Na+]. The van der Waals surface area contributed by atoms with Gasteiger partial charge in [-0.15, -0.1) is 0 Å². The summed E-state index contributed by atoms with van der Waals surface area (Å²) in [7, 11) is 0. The summed E-state index contributed by atoms with van der Waals surface area (Å²) >= 11 is 0. The van der Waals surface area contributed by atoms with Crippen LogP contribution in [-0.2, 0) is 14.3 Å². The van der Waals surface area contributed by atoms with Crippen LogP contribution >= 0.6 is 0 Å². The Bertz CT molecular complexity index is 670. The number of hydrogen-bond donors (Lipinski definition) is 0. The molecule has 0 N–H and O–H groups in total. The molecule has 0 fully saturated rings. The van der Waals surface area contributed by atoms with E-state index in [0.29, 0.717) is 13.0 Å². The third kappa shape index (κ3) is 58.8. The Hall–Kier alpha value is -0.0600. The summed E-state index contributed by atoms with van der Waals surface area (Å²) < 4.78 is 5.42. The number of hydrogen-bond acceptors (Lipinski definition) is 4. The maximum absolute atomic E-state index is 11.9. The summed E-state index contributed by atoms with van der Waals surface area (Å²) in [6, 6.07) is 0. The van der Waals surface area contributed by atoms with Gasteiger partial charge in [0.1, 0.15) is 0 Å². The Morgan fingerprint density at radius 1 is 0.321 bits per heavy atom. The van der Waals surface area contributed by atoms with Crippen LogP contribution in [0.25, 0.3) is 0 Å². The van der Waals surface area contributed by atoms with Crippen molar-refractivity contribution in [2.75, 3.05) is 6.61 Å². The molecular formula is C48H95NaO4. The number of ether oxygens (including phenoxy) is 1. The van der Waals surface area contributed by atoms with Crippen molar-refractivity contribution in [3.63, 3.8) is 0 Å². The molecule has 0 aliphatic rings. The fraction of sp³-hybridized carbons (Fsp3) is 0.958. The van der Waals surface area contributed by atoms with Gasteiger partial charge in [-0.3, -0.25) is 4.79 Å². The zero-order valence-corrected chi connectivity index (χ0v) is 39.0. The van der Waals surface area contributed by atoms with E-state index in [1.54, 1.807) is 0 Å². The number of aliphatic carboxylic acids is 1. The predicted molar refractivity (Wildman–Crippen MR) is 227 cm³/mol. The van der Waals surface area contributed by atoms with Crippen LogP contribution in [0.5, 0.6) is 0 Å². The van der Waals surface area contributed by atoms with Crippen molar-refractivity contribution < 1.29 is 49.0 Å². The van der Waals surface area contributed by atoms with Crippen molar-refractivity contribution >= 4 is 11.9 Å². The van der Waals surface area contributed by atoms with Crippen LogP contribution in [0, 0.1) is 0 Å². The van der Waals surface area contributed by atoms with Crippen molar-refractivity contribution in [1.29, 1.82) is 0 Å². The van der Waals surface area contributed by atoms with E-state index in [9.17, 15) is 14.7 Å². The summed E-state index contributed by atoms with van der Waals surface area (Å²) in [5, 5.41) is 10.2. The minimum atomic E-state index is -0.905. The topological polar surface area (TPSA) is 66.4 Å². The van der Waals surface area contributed by atoms with Crippen molar-refractivity contribution in [2.24, 2.45) is 0 Å². The molecule has 0 aliphatic carbocycles. The van der Waals surface area contributed by atoms with Crippen LogP contribution in [0.3, 0.4) is 0 Å². The van der Waals surface area contributed by atoms with Gasteiger partial charge in [0.15, 0.2) is 0 Å². The molecule has 0 saturated heterocycles. The molecule has 312 valence electrons. The summed E-state index contributed by atoms with van der Waals surface area (Å²) in [5.74, 6) is -0.879. The summed E-state index contributed by atoms with van der Waals surface area (Å²) in [5.41, 5.74) is 0. The van der Waals surface area contributed by atoms with E-state index in [0.717, 1.165) is 25.7 Å². The summed E-state index contributed by atoms with van der Waals surface area (Å²) in [6.07, 6.45) is 54.1. The molecule has 0 aromatic carbocycles. The van der Waals surface area contributed by atoms with E-state index in [-0.39, 0.29) is 41.9 Å². The van der Waals surface area contributed by atoms with Crippen LogP contribution in [0.4, 0.5) is 0 Å². The van der Waals surface area contributed by atoms with E-state index in [4.69, 9.17) is 4.74 Å². The van der Waals surface area contributed by atoms with Crippen LogP contribution in [-0.4, -0.2) is 18.5 Å². The van der Waals surface area contributed by atoms with Crippen molar-refractivity contribution in [3.8, 4) is 0 Å². The van der Waals surface area contributed by atoms with Gasteiger partial charge in [-0.2, -0.15) is 0 Å². The molecule has 0 rings (SSSR count). The Labute approximate surface area is 356 Å². The number of esters is 1. The van der Waals surface area contributed by atoms with E-state index >= 15 is 0 Å². The molecule has 0 aromatic rings. The maximum atomic E-state index is 11.9. The number of rotatable bonds is 43. The average molecular weight is 759 g/mol. The smallest absolute Gasteiger partial charge is 0.550 e. The first-order valence-electron chi connectivity index (χ1n) is 23.9. The molecule has 0 radical (unpaired) electrons. The molecular weight excluding hydrogens is 664 g/mol. The van der Waals surface area contributed by atoms with Gasteiger partial charge < -0.3 is 14.6 Å². The van der Waals surface area contributed by atoms with Crippen LogP contribution in [0.1, 0.15) is 290 Å². The Kier molecular flexibility index (Phi) is 58.4. The van der Waals surface area contributed by atoms with Gasteiger partial charge in [0.05, 0.1) is 6.61 Å². The average Bonchev–Trinajstić information content (AvgIpc) is 3.14. The first kappa shape index (κ1) is 57.3. The Morgan fingerprint density at radius 2 is 0.528 bits per heavy atom. The van der Waals surface area contributed by atoms with Gasteiger partial charge in [-0.25, -0.2) is 0 Å². The maximum Gasteiger partial charge on any atom is 1.00 e. The second-order valence-electron chi connectivity index (χ2n) is 16.2. The molecule has 0 aromatic heterocycles. The molecule has 0 aliphatic heterocycles. The molecule has 0 amide bonds. The summed E-state index contributed by atoms with van der Waals surface area (Å²) in [4.78, 5) is 22.0. The third-order valence-electron chi connectivity index (χ3n) is 10.7. The third-order valence-corrected chi connectivity index (χ3v) is 10.7. The quantitative estimate of drug-likeness (QED) is 0.0353. The Balaban J connectivity index is -0.00000111. The number of carboxylic acid groups (broad SMARTS) is 1. The van der Waals surface area contributed by atoms with E-state index in [2.05, 4.69) is 20.8 Å². The van der Waals surface area contributed by atoms with Crippen LogP contribution in [0.15, 0.2) is 0 Å². The molecule has 0 bridgehead atoms. The molecule has 0 saturated carbocycles. The number of unbranched alkanes of at least 4 members (excludes halogenated alkanes) is 37. The molecule has 0 spiro atoms. The predicted octanol–water partition coefficient (Wildman–Crippen LogP) is 12.7. The molecule has 0 unspecified atom stereocenters. The van der Waals surface area contributed by atoms with Gasteiger partial charge in [-0.05, 0) is 25.7 Å². The van der Waals surface area contributed by atoms with Gasteiger partial charge >= 0.3 is 35.5 Å². The van der Waals surface area contributed by atoms with Crippen molar-refractivity contribution in [3.05, 3.63) is 0 Å². The standard InChI is InChI=1S/C32H64O2.C16H32O2.Na/c1-3-5-7-9-11-13-15-17-19-21-23-25-27-29-31-34-32(33)30-28-26-24-22-20-18-16-14-12-10-8-6-4-2;1-2-3-4-5-6-7-8-9-10-11-12-13-14-15-16(17)18;/h3-31H2,1-2H3;2-15H2,1H3,(H,17,18);/q;;+1/p-1. The first-order chi connectivity index (χ1) is 25.6. The molecule has 0 atom stereocenters. The molecule has 0 heterocycles. The normalized spacial score (nSPS) is 10.8. The molecule has 4 nitrogen and oxygen atoms in total. The van der Waals surface area contributed by atoms with Gasteiger partial charge in [-0.1, -0.05) is 258 Å². The fourth-order valence-electron chi connectivity index (χ4n) is 7.13. The van der Waals surface area contributed by atoms with E-state index in [1.165, 1.54) is 231 Å². The van der Waals surface area contributed by atoms with Crippen molar-refractivity contribution in [2.45, 2.75) is 290 Å². The van der Waals surface area contributed by atoms with Crippen LogP contribution < -0.4 is 34.7 Å². The van der Waals surface area contributed by atoms with Gasteiger partial charge in [0, 0.05) is 12.4 Å². The second-order valence-corrected chi connectivity index (χ2v) is 16.2. The largest absolute Gasteiger partial charge is 1.00 e. The number of carboxylic acids is 1. The summed E-state index contributed by atoms with van der Waals surface area (Å²) in [6.45, 7) is 7.46. The first-order valence-corrected chi connectivity index (χ1v) is 23.9. The van der Waals surface area contributed by atoms with Crippen LogP contribution in [0.2, 0.25) is 0 Å². The second kappa shape index (κ2) is 54.0. The zero-order valence-electron chi connectivity index (χ0n) is 37.0. The van der Waals surface area contributed by atoms with Crippen molar-refractivity contribution in [1.82, 2.24) is 0 Å². The molecule has 5 heteroatoms. The minimum absolute atomic E-state index is 0.